The summed E-state index contributed by atoms with van der Waals surface area (Å²) < 4.78 is 33.4. The maximum absolute atomic E-state index is 14.2. The van der Waals surface area contributed by atoms with E-state index < -0.39 is 46.9 Å². The highest BCUT2D eigenvalue weighted by Crippen LogP contribution is 2.33. The van der Waals surface area contributed by atoms with Gasteiger partial charge >= 0.3 is 12.1 Å². The zero-order chi connectivity index (χ0) is 23.6. The van der Waals surface area contributed by atoms with Gasteiger partial charge in [-0.05, 0) is 52.2 Å². The van der Waals surface area contributed by atoms with E-state index >= 15 is 0 Å². The molecular weight excluding hydrogens is 424 g/mol. The number of ether oxygens (including phenoxy) is 1. The van der Waals surface area contributed by atoms with Crippen LogP contribution in [0.25, 0.3) is 11.3 Å². The Morgan fingerprint density at radius 1 is 1.25 bits per heavy atom. The lowest BCUT2D eigenvalue weighted by molar-refractivity contribution is -0.127. The first kappa shape index (κ1) is 23.2. The average molecular weight is 447 g/mol. The number of benzene rings is 1. The van der Waals surface area contributed by atoms with Crippen molar-refractivity contribution in [2.45, 2.75) is 57.7 Å². The number of rotatable bonds is 4. The molecule has 1 aliphatic rings. The van der Waals surface area contributed by atoms with Crippen molar-refractivity contribution in [3.05, 3.63) is 41.5 Å². The van der Waals surface area contributed by atoms with E-state index in [4.69, 9.17) is 9.84 Å². The molecule has 1 fully saturated rings. The normalized spacial score (nSPS) is 18.8. The first-order valence-electron chi connectivity index (χ1n) is 10.0. The molecule has 1 aromatic heterocycles. The van der Waals surface area contributed by atoms with Crippen molar-refractivity contribution >= 4 is 23.7 Å². The number of hydrogen-bond donors (Lipinski definition) is 2. The Bertz CT molecular complexity index is 1070. The molecule has 2 aromatic rings. The summed E-state index contributed by atoms with van der Waals surface area (Å²) in [5.74, 6) is -3.96. The number of anilines is 1. The Morgan fingerprint density at radius 2 is 1.97 bits per heavy atom. The van der Waals surface area contributed by atoms with Gasteiger partial charge in [-0.15, -0.1) is 0 Å². The number of halogens is 2. The minimum atomic E-state index is -1.59. The van der Waals surface area contributed by atoms with Crippen LogP contribution in [0.3, 0.4) is 0 Å². The van der Waals surface area contributed by atoms with Crippen LogP contribution in [0.15, 0.2) is 24.4 Å². The van der Waals surface area contributed by atoms with Gasteiger partial charge in [0.25, 0.3) is 0 Å². The zero-order valence-electron chi connectivity index (χ0n) is 17.8. The van der Waals surface area contributed by atoms with Crippen LogP contribution in [0, 0.1) is 5.82 Å². The highest BCUT2D eigenvalue weighted by Gasteiger charge is 2.34. The molecule has 0 saturated heterocycles. The van der Waals surface area contributed by atoms with E-state index in [1.807, 2.05) is 0 Å². The number of amides is 1. The molecule has 3 rings (SSSR count). The van der Waals surface area contributed by atoms with E-state index in [1.165, 1.54) is 12.3 Å². The van der Waals surface area contributed by atoms with Crippen LogP contribution in [-0.2, 0) is 9.53 Å². The number of carboxylic acid groups (broad SMARTS) is 1. The van der Waals surface area contributed by atoms with Crippen LogP contribution in [-0.4, -0.2) is 44.7 Å². The summed E-state index contributed by atoms with van der Waals surface area (Å²) in [6, 6.07) is 3.34. The first-order chi connectivity index (χ1) is 15.0. The summed E-state index contributed by atoms with van der Waals surface area (Å²) in [5.41, 5.74) is -0.978. The van der Waals surface area contributed by atoms with Crippen molar-refractivity contribution in [2.75, 3.05) is 5.32 Å². The second-order valence-corrected chi connectivity index (χ2v) is 8.47. The van der Waals surface area contributed by atoms with Crippen molar-refractivity contribution in [3.63, 3.8) is 0 Å². The molecule has 8 nitrogen and oxygen atoms in total. The SMILES string of the molecule is CC(C)(C)OC(=O)Nc1nc(C2CCCC(F)C2=O)cnc1-c1ccc(C(=O)O)c(F)c1. The Balaban J connectivity index is 2.04. The summed E-state index contributed by atoms with van der Waals surface area (Å²) in [7, 11) is 0. The van der Waals surface area contributed by atoms with Gasteiger partial charge in [-0.25, -0.2) is 23.4 Å². The minimum absolute atomic E-state index is 0.0375. The number of ketones is 1. The fraction of sp³-hybridized carbons (Fsp3) is 0.409. The van der Waals surface area contributed by atoms with Crippen molar-refractivity contribution in [1.29, 1.82) is 0 Å². The summed E-state index contributed by atoms with van der Waals surface area (Å²) in [5, 5.41) is 11.5. The van der Waals surface area contributed by atoms with E-state index in [0.29, 0.717) is 12.8 Å². The van der Waals surface area contributed by atoms with E-state index in [2.05, 4.69) is 15.3 Å². The van der Waals surface area contributed by atoms with Gasteiger partial charge in [0.15, 0.2) is 17.8 Å². The third-order valence-corrected chi connectivity index (χ3v) is 4.84. The molecule has 2 N–H and O–H groups in total. The molecule has 1 amide bonds. The molecule has 2 unspecified atom stereocenters. The third kappa shape index (κ3) is 5.24. The predicted octanol–water partition coefficient (Wildman–Crippen LogP) is 4.50. The largest absolute Gasteiger partial charge is 0.478 e. The number of carbonyl (C=O) groups excluding carboxylic acids is 2. The maximum atomic E-state index is 14.2. The molecular formula is C22H23F2N3O5. The highest BCUT2D eigenvalue weighted by atomic mass is 19.1. The number of carbonyl (C=O) groups is 3. The van der Waals surface area contributed by atoms with E-state index in [-0.39, 0.29) is 29.2 Å². The number of Topliss-reactive ketones (excluding diaryl/α,β-unsaturated/α-hetero) is 1. The van der Waals surface area contributed by atoms with Crippen molar-refractivity contribution in [3.8, 4) is 11.3 Å². The van der Waals surface area contributed by atoms with Crippen LogP contribution in [0.2, 0.25) is 0 Å². The lowest BCUT2D eigenvalue weighted by atomic mass is 9.84. The van der Waals surface area contributed by atoms with E-state index in [0.717, 1.165) is 12.1 Å². The number of alkyl halides is 1. The summed E-state index contributed by atoms with van der Waals surface area (Å²) in [6.45, 7) is 4.99. The molecule has 0 bridgehead atoms. The van der Waals surface area contributed by atoms with Gasteiger partial charge in [0.05, 0.1) is 23.4 Å². The smallest absolute Gasteiger partial charge is 0.413 e. The number of aromatic nitrogens is 2. The third-order valence-electron chi connectivity index (χ3n) is 4.84. The summed E-state index contributed by atoms with van der Waals surface area (Å²) in [6.07, 6.45) is -0.127. The van der Waals surface area contributed by atoms with Crippen LogP contribution in [0.1, 0.15) is 62.0 Å². The lowest BCUT2D eigenvalue weighted by Gasteiger charge is -2.24. The van der Waals surface area contributed by atoms with Crippen molar-refractivity contribution in [1.82, 2.24) is 9.97 Å². The number of aromatic carboxylic acids is 1. The Morgan fingerprint density at radius 3 is 2.59 bits per heavy atom. The zero-order valence-corrected chi connectivity index (χ0v) is 17.8. The second kappa shape index (κ2) is 8.97. The molecule has 1 saturated carbocycles. The molecule has 170 valence electrons. The number of nitrogens with one attached hydrogen (secondary N) is 1. The molecule has 1 heterocycles. The first-order valence-corrected chi connectivity index (χ1v) is 10.0. The van der Waals surface area contributed by atoms with Crippen molar-refractivity contribution in [2.24, 2.45) is 0 Å². The predicted molar refractivity (Wildman–Crippen MR) is 111 cm³/mol. The molecule has 32 heavy (non-hydrogen) atoms. The van der Waals surface area contributed by atoms with Gasteiger partial charge in [-0.2, -0.15) is 0 Å². The molecule has 0 aliphatic heterocycles. The van der Waals surface area contributed by atoms with Crippen LogP contribution in [0.4, 0.5) is 19.4 Å². The van der Waals surface area contributed by atoms with Gasteiger partial charge in [0.2, 0.25) is 0 Å². The fourth-order valence-corrected chi connectivity index (χ4v) is 3.40. The van der Waals surface area contributed by atoms with E-state index in [9.17, 15) is 23.2 Å². The molecule has 0 radical (unpaired) electrons. The summed E-state index contributed by atoms with van der Waals surface area (Å²) >= 11 is 0. The standard InChI is InChI=1S/C22H23F2N3O5/c1-22(2,3)32-21(31)27-19-17(11-7-8-12(20(29)30)15(24)9-11)25-10-16(26-19)13-5-4-6-14(23)18(13)28/h7-10,13-14H,4-6H2,1-3H3,(H,29,30)(H,26,27,31). The molecule has 0 spiro atoms. The number of nitrogens with zero attached hydrogens (tertiary/aromatic N) is 2. The number of hydrogen-bond acceptors (Lipinski definition) is 6. The van der Waals surface area contributed by atoms with Gasteiger partial charge in [-0.1, -0.05) is 6.07 Å². The van der Waals surface area contributed by atoms with Crippen LogP contribution in [0.5, 0.6) is 0 Å². The topological polar surface area (TPSA) is 118 Å². The van der Waals surface area contributed by atoms with Gasteiger partial charge in [0, 0.05) is 5.56 Å². The van der Waals surface area contributed by atoms with Crippen LogP contribution >= 0.6 is 0 Å². The number of carboxylic acids is 1. The average Bonchev–Trinajstić information content (AvgIpc) is 2.68. The molecule has 1 aliphatic carbocycles. The monoisotopic (exact) mass is 447 g/mol. The second-order valence-electron chi connectivity index (χ2n) is 8.47. The molecule has 10 heteroatoms. The Labute approximate surface area is 183 Å². The summed E-state index contributed by atoms with van der Waals surface area (Å²) in [4.78, 5) is 44.3. The van der Waals surface area contributed by atoms with Gasteiger partial charge < -0.3 is 9.84 Å². The van der Waals surface area contributed by atoms with Gasteiger partial charge in [0.1, 0.15) is 17.1 Å². The lowest BCUT2D eigenvalue weighted by Crippen LogP contribution is -2.30. The quantitative estimate of drug-likeness (QED) is 0.708. The maximum Gasteiger partial charge on any atom is 0.413 e. The van der Waals surface area contributed by atoms with Crippen molar-refractivity contribution < 1.29 is 33.0 Å². The minimum Gasteiger partial charge on any atom is -0.478 e. The highest BCUT2D eigenvalue weighted by molar-refractivity contribution is 5.92. The van der Waals surface area contributed by atoms with Crippen LogP contribution < -0.4 is 5.32 Å². The van der Waals surface area contributed by atoms with E-state index in [1.54, 1.807) is 20.8 Å². The molecule has 1 aromatic carbocycles. The Kier molecular flexibility index (Phi) is 6.52. The van der Waals surface area contributed by atoms with Gasteiger partial charge in [-0.3, -0.25) is 15.1 Å². The Hall–Kier alpha value is -3.43. The molecule has 2 atom stereocenters. The fourth-order valence-electron chi connectivity index (χ4n) is 3.40.